The lowest BCUT2D eigenvalue weighted by Gasteiger charge is -2.06. The first-order valence-electron chi connectivity index (χ1n) is 7.89. The molecule has 0 spiro atoms. The van der Waals surface area contributed by atoms with Crippen molar-refractivity contribution in [1.29, 1.82) is 0 Å². The van der Waals surface area contributed by atoms with E-state index in [9.17, 15) is 0 Å². The van der Waals surface area contributed by atoms with E-state index >= 15 is 0 Å². The fourth-order valence-electron chi connectivity index (χ4n) is 2.83. The molecule has 6 nitrogen and oxygen atoms in total. The molecule has 0 unspecified atom stereocenters. The van der Waals surface area contributed by atoms with Crippen molar-refractivity contribution in [2.24, 2.45) is 14.1 Å². The molecular weight excluding hydrogens is 336 g/mol. The summed E-state index contributed by atoms with van der Waals surface area (Å²) in [6, 6.07) is 9.90. The van der Waals surface area contributed by atoms with Gasteiger partial charge in [0.25, 0.3) is 0 Å². The van der Waals surface area contributed by atoms with E-state index in [0.717, 1.165) is 33.1 Å². The predicted octanol–water partition coefficient (Wildman–Crippen LogP) is 3.39. The van der Waals surface area contributed by atoms with Crippen LogP contribution in [-0.4, -0.2) is 29.3 Å². The van der Waals surface area contributed by atoms with Gasteiger partial charge in [-0.05, 0) is 23.8 Å². The van der Waals surface area contributed by atoms with Crippen molar-refractivity contribution in [3.63, 3.8) is 0 Å². The maximum atomic E-state index is 6.12. The van der Waals surface area contributed by atoms with Crippen molar-refractivity contribution in [3.8, 4) is 22.5 Å². The highest BCUT2D eigenvalue weighted by molar-refractivity contribution is 6.30. The van der Waals surface area contributed by atoms with Gasteiger partial charge in [0, 0.05) is 42.6 Å². The molecule has 3 aromatic heterocycles. The summed E-state index contributed by atoms with van der Waals surface area (Å²) in [7, 11) is 3.80. The molecule has 1 aromatic carbocycles. The molecule has 0 radical (unpaired) electrons. The minimum atomic E-state index is 0.630. The summed E-state index contributed by atoms with van der Waals surface area (Å²) in [5.74, 6) is 0. The van der Waals surface area contributed by atoms with Gasteiger partial charge in [-0.25, -0.2) is 0 Å². The summed E-state index contributed by atoms with van der Waals surface area (Å²) in [5, 5.41) is 14.0. The lowest BCUT2D eigenvalue weighted by Crippen LogP contribution is -2.03. The van der Waals surface area contributed by atoms with Gasteiger partial charge in [-0.2, -0.15) is 15.3 Å². The van der Waals surface area contributed by atoms with Crippen molar-refractivity contribution in [1.82, 2.24) is 29.3 Å². The Morgan fingerprint density at radius 3 is 2.32 bits per heavy atom. The molecule has 0 saturated carbocycles. The van der Waals surface area contributed by atoms with Gasteiger partial charge < -0.3 is 0 Å². The molecule has 0 saturated heterocycles. The second-order valence-corrected chi connectivity index (χ2v) is 6.44. The van der Waals surface area contributed by atoms with E-state index in [1.807, 2.05) is 67.8 Å². The Morgan fingerprint density at radius 1 is 0.960 bits per heavy atom. The first-order valence-corrected chi connectivity index (χ1v) is 8.26. The molecule has 0 N–H and O–H groups in total. The van der Waals surface area contributed by atoms with Crippen LogP contribution < -0.4 is 0 Å². The fraction of sp³-hybridized carbons (Fsp3) is 0.167. The second-order valence-electron chi connectivity index (χ2n) is 6.01. The molecule has 0 bridgehead atoms. The minimum Gasteiger partial charge on any atom is -0.275 e. The van der Waals surface area contributed by atoms with E-state index in [4.69, 9.17) is 16.7 Å². The van der Waals surface area contributed by atoms with Crippen LogP contribution in [0.25, 0.3) is 22.5 Å². The van der Waals surface area contributed by atoms with Crippen molar-refractivity contribution in [2.75, 3.05) is 0 Å². The highest BCUT2D eigenvalue weighted by atomic mass is 35.5. The number of halogens is 1. The molecule has 3 heterocycles. The van der Waals surface area contributed by atoms with E-state index < -0.39 is 0 Å². The Kier molecular flexibility index (Phi) is 3.89. The van der Waals surface area contributed by atoms with Crippen LogP contribution in [0.5, 0.6) is 0 Å². The van der Waals surface area contributed by atoms with E-state index in [2.05, 4.69) is 16.3 Å². The highest BCUT2D eigenvalue weighted by Gasteiger charge is 2.14. The van der Waals surface area contributed by atoms with Gasteiger partial charge in [0.05, 0.1) is 30.3 Å². The molecule has 0 aliphatic heterocycles. The quantitative estimate of drug-likeness (QED) is 0.565. The summed E-state index contributed by atoms with van der Waals surface area (Å²) in [6.45, 7) is 0.630. The molecule has 0 atom stereocenters. The third-order valence-corrected chi connectivity index (χ3v) is 4.24. The third-order valence-electron chi connectivity index (χ3n) is 4.00. The molecular formula is C18H17ClN6. The molecule has 4 aromatic rings. The zero-order valence-corrected chi connectivity index (χ0v) is 14.7. The average molecular weight is 353 g/mol. The van der Waals surface area contributed by atoms with Gasteiger partial charge in [0.2, 0.25) is 0 Å². The number of aromatic nitrogens is 6. The number of hydrogen-bond donors (Lipinski definition) is 0. The Balaban J connectivity index is 1.79. The van der Waals surface area contributed by atoms with Crippen molar-refractivity contribution in [2.45, 2.75) is 6.54 Å². The summed E-state index contributed by atoms with van der Waals surface area (Å²) >= 11 is 6.12. The molecule has 0 aliphatic rings. The maximum Gasteiger partial charge on any atom is 0.0961 e. The van der Waals surface area contributed by atoms with Crippen molar-refractivity contribution in [3.05, 3.63) is 65.7 Å². The normalized spacial score (nSPS) is 11.2. The van der Waals surface area contributed by atoms with E-state index in [1.54, 1.807) is 9.36 Å². The first kappa shape index (κ1) is 15.7. The number of aryl methyl sites for hydroxylation is 2. The van der Waals surface area contributed by atoms with Crippen LogP contribution in [0.4, 0.5) is 0 Å². The third kappa shape index (κ3) is 3.21. The summed E-state index contributed by atoms with van der Waals surface area (Å²) in [4.78, 5) is 0. The predicted molar refractivity (Wildman–Crippen MR) is 97.2 cm³/mol. The Hall–Kier alpha value is -2.86. The van der Waals surface area contributed by atoms with Crippen LogP contribution in [0.2, 0.25) is 5.02 Å². The topological polar surface area (TPSA) is 53.5 Å². The molecule has 4 rings (SSSR count). The van der Waals surface area contributed by atoms with E-state index in [0.29, 0.717) is 6.54 Å². The maximum absolute atomic E-state index is 6.12. The van der Waals surface area contributed by atoms with Crippen molar-refractivity contribution >= 4 is 11.6 Å². The largest absolute Gasteiger partial charge is 0.275 e. The summed E-state index contributed by atoms with van der Waals surface area (Å²) in [5.41, 5.74) is 4.99. The minimum absolute atomic E-state index is 0.630. The SMILES string of the molecule is Cn1cc(-c2cc(-c3cnn(C)c3)n(Cc3cccc(Cl)c3)n2)cn1. The first-order chi connectivity index (χ1) is 12.1. The van der Waals surface area contributed by atoms with Gasteiger partial charge in [-0.15, -0.1) is 0 Å². The van der Waals surface area contributed by atoms with Crippen LogP contribution in [0.3, 0.4) is 0 Å². The van der Waals surface area contributed by atoms with Crippen LogP contribution in [0.1, 0.15) is 5.56 Å². The van der Waals surface area contributed by atoms with Crippen LogP contribution >= 0.6 is 11.6 Å². The number of hydrogen-bond acceptors (Lipinski definition) is 3. The lowest BCUT2D eigenvalue weighted by molar-refractivity contribution is 0.697. The second kappa shape index (κ2) is 6.22. The highest BCUT2D eigenvalue weighted by Crippen LogP contribution is 2.26. The molecule has 25 heavy (non-hydrogen) atoms. The monoisotopic (exact) mass is 352 g/mol. The number of nitrogens with zero attached hydrogens (tertiary/aromatic N) is 6. The van der Waals surface area contributed by atoms with Crippen LogP contribution in [0, 0.1) is 0 Å². The zero-order chi connectivity index (χ0) is 17.4. The van der Waals surface area contributed by atoms with E-state index in [-0.39, 0.29) is 0 Å². The molecule has 0 amide bonds. The van der Waals surface area contributed by atoms with E-state index in [1.165, 1.54) is 0 Å². The molecule has 0 fully saturated rings. The van der Waals surface area contributed by atoms with Gasteiger partial charge in [0.15, 0.2) is 0 Å². The molecule has 0 aliphatic carbocycles. The van der Waals surface area contributed by atoms with Crippen LogP contribution in [0.15, 0.2) is 55.1 Å². The Bertz CT molecular complexity index is 1030. The molecule has 126 valence electrons. The standard InChI is InChI=1S/C18H17ClN6/c1-23-11-14(8-20-23)17-7-18(15-9-21-24(2)12-15)25(22-17)10-13-4-3-5-16(19)6-13/h3-9,11-12H,10H2,1-2H3. The van der Waals surface area contributed by atoms with Gasteiger partial charge in [0.1, 0.15) is 0 Å². The summed E-state index contributed by atoms with van der Waals surface area (Å²) < 4.78 is 5.54. The molecule has 7 heteroatoms. The van der Waals surface area contributed by atoms with Gasteiger partial charge >= 0.3 is 0 Å². The Morgan fingerprint density at radius 2 is 1.68 bits per heavy atom. The fourth-order valence-corrected chi connectivity index (χ4v) is 3.04. The Labute approximate surface area is 150 Å². The average Bonchev–Trinajstić information content (AvgIpc) is 3.27. The summed E-state index contributed by atoms with van der Waals surface area (Å²) in [6.07, 6.45) is 7.61. The lowest BCUT2D eigenvalue weighted by atomic mass is 10.2. The number of benzene rings is 1. The zero-order valence-electron chi connectivity index (χ0n) is 14.0. The smallest absolute Gasteiger partial charge is 0.0961 e. The van der Waals surface area contributed by atoms with Crippen LogP contribution in [-0.2, 0) is 20.6 Å². The van der Waals surface area contributed by atoms with Gasteiger partial charge in [-0.1, -0.05) is 23.7 Å². The number of rotatable bonds is 4. The van der Waals surface area contributed by atoms with Gasteiger partial charge in [-0.3, -0.25) is 14.0 Å². The van der Waals surface area contributed by atoms with Crippen molar-refractivity contribution < 1.29 is 0 Å².